The quantitative estimate of drug-likeness (QED) is 0.377. The first-order valence-electron chi connectivity index (χ1n) is 11.5. The summed E-state index contributed by atoms with van der Waals surface area (Å²) in [5, 5.41) is 13.2. The molecular weight excluding hydrogens is 480 g/mol. The zero-order chi connectivity index (χ0) is 26.4. The molecule has 9 heteroatoms. The van der Waals surface area contributed by atoms with Crippen molar-refractivity contribution in [2.75, 3.05) is 19.8 Å². The third-order valence-electron chi connectivity index (χ3n) is 5.63. The number of carbonyl (C=O) groups excluding carboxylic acids is 1. The summed E-state index contributed by atoms with van der Waals surface area (Å²) in [5.74, 6) is 3.72. The predicted molar refractivity (Wildman–Crippen MR) is 134 cm³/mol. The van der Waals surface area contributed by atoms with Crippen LogP contribution < -0.4 is 15.6 Å². The number of ether oxygens (including phenoxy) is 1. The maximum absolute atomic E-state index is 13.7. The van der Waals surface area contributed by atoms with E-state index in [4.69, 9.17) is 4.74 Å². The molecule has 188 valence electrons. The average molecular weight is 504 g/mol. The van der Waals surface area contributed by atoms with Crippen LogP contribution in [0.1, 0.15) is 34.5 Å². The van der Waals surface area contributed by atoms with Crippen molar-refractivity contribution in [2.24, 2.45) is 0 Å². The van der Waals surface area contributed by atoms with Gasteiger partial charge in [-0.05, 0) is 61.0 Å². The minimum atomic E-state index is -1.10. The lowest BCUT2D eigenvalue weighted by molar-refractivity contribution is 0.0956. The predicted octanol–water partition coefficient (Wildman–Crippen LogP) is 3.44. The molecule has 4 rings (SSSR count). The first kappa shape index (κ1) is 25.5. The van der Waals surface area contributed by atoms with Gasteiger partial charge in [0.25, 0.3) is 11.5 Å². The molecule has 4 aromatic rings. The lowest BCUT2D eigenvalue weighted by Gasteiger charge is -2.19. The summed E-state index contributed by atoms with van der Waals surface area (Å²) in [5.41, 5.74) is 0.792. The van der Waals surface area contributed by atoms with Gasteiger partial charge in [0.1, 0.15) is 11.3 Å². The van der Waals surface area contributed by atoms with Crippen molar-refractivity contribution in [1.82, 2.24) is 14.9 Å². The molecule has 2 N–H and O–H groups in total. The number of fused-ring (bicyclic) bond motifs is 1. The Morgan fingerprint density at radius 1 is 1.16 bits per heavy atom. The van der Waals surface area contributed by atoms with Crippen LogP contribution in [0.2, 0.25) is 0 Å². The van der Waals surface area contributed by atoms with Crippen molar-refractivity contribution in [3.63, 3.8) is 0 Å². The largest absolute Gasteiger partial charge is 0.493 e. The fourth-order valence-electron chi connectivity index (χ4n) is 3.85. The van der Waals surface area contributed by atoms with Crippen LogP contribution in [0.5, 0.6) is 5.75 Å². The third-order valence-corrected chi connectivity index (χ3v) is 5.63. The van der Waals surface area contributed by atoms with Crippen molar-refractivity contribution >= 4 is 16.8 Å². The fraction of sp³-hybridized carbons (Fsp3) is 0.179. The van der Waals surface area contributed by atoms with Gasteiger partial charge < -0.3 is 19.7 Å². The molecule has 0 aliphatic rings. The molecule has 0 fully saturated rings. The van der Waals surface area contributed by atoms with Gasteiger partial charge >= 0.3 is 0 Å². The number of carbonyl (C=O) groups is 1. The molecule has 0 bridgehead atoms. The van der Waals surface area contributed by atoms with E-state index in [2.05, 4.69) is 22.1 Å². The van der Waals surface area contributed by atoms with Crippen LogP contribution in [0, 0.1) is 23.5 Å². The summed E-state index contributed by atoms with van der Waals surface area (Å²) in [6, 6.07) is 12.2. The van der Waals surface area contributed by atoms with Crippen molar-refractivity contribution < 1.29 is 23.4 Å². The highest BCUT2D eigenvalue weighted by atomic mass is 19.2. The van der Waals surface area contributed by atoms with E-state index in [-0.39, 0.29) is 17.7 Å². The van der Waals surface area contributed by atoms with Crippen LogP contribution in [-0.2, 0) is 0 Å². The van der Waals surface area contributed by atoms with E-state index < -0.39 is 35.7 Å². The van der Waals surface area contributed by atoms with Gasteiger partial charge in [0.05, 0.1) is 31.3 Å². The Morgan fingerprint density at radius 3 is 2.76 bits per heavy atom. The lowest BCUT2D eigenvalue weighted by atomic mass is 10.1. The number of hydrogen-bond donors (Lipinski definition) is 2. The van der Waals surface area contributed by atoms with Crippen LogP contribution in [-0.4, -0.2) is 40.3 Å². The summed E-state index contributed by atoms with van der Waals surface area (Å²) in [4.78, 5) is 30.0. The summed E-state index contributed by atoms with van der Waals surface area (Å²) in [6.45, 7) is 1.83. The zero-order valence-corrected chi connectivity index (χ0v) is 19.9. The molecule has 2 heterocycles. The molecule has 0 spiro atoms. The number of rotatable bonds is 7. The Bertz CT molecular complexity index is 1570. The zero-order valence-electron chi connectivity index (χ0n) is 19.9. The molecule has 7 nitrogen and oxygen atoms in total. The van der Waals surface area contributed by atoms with Crippen LogP contribution in [0.3, 0.4) is 0 Å². The van der Waals surface area contributed by atoms with E-state index >= 15 is 0 Å². The molecule has 0 radical (unpaired) electrons. The number of nitrogens with zero attached hydrogens (tertiary/aromatic N) is 2. The third kappa shape index (κ3) is 5.66. The minimum absolute atomic E-state index is 0.0246. The van der Waals surface area contributed by atoms with Gasteiger partial charge in [0.15, 0.2) is 11.6 Å². The summed E-state index contributed by atoms with van der Waals surface area (Å²) in [6.07, 6.45) is 3.04. The highest BCUT2D eigenvalue weighted by Gasteiger charge is 2.19. The Morgan fingerprint density at radius 2 is 2.00 bits per heavy atom. The first-order chi connectivity index (χ1) is 17.9. The van der Waals surface area contributed by atoms with Crippen molar-refractivity contribution in [1.29, 1.82) is 0 Å². The Kier molecular flexibility index (Phi) is 7.91. The van der Waals surface area contributed by atoms with E-state index in [1.54, 1.807) is 12.3 Å². The maximum atomic E-state index is 13.7. The second kappa shape index (κ2) is 11.5. The topological polar surface area (TPSA) is 93.4 Å². The number of amides is 1. The lowest BCUT2D eigenvalue weighted by Crippen LogP contribution is -2.35. The fourth-order valence-corrected chi connectivity index (χ4v) is 3.85. The smallest absolute Gasteiger partial charge is 0.264 e. The molecular formula is C28H23F2N3O4. The standard InChI is InChI=1S/C28H23F2N3O4/c1-2-37-26-11-13-31-24-10-7-18(15-21(24)26)5-3-12-32-27(35)20-6-4-14-33(28(20)36)25(17-34)19-8-9-22(29)23(30)16-19/h4,6-11,13-16,25,34H,2,12,17H2,1H3,(H,32,35)/t25-/m0/s1. The van der Waals surface area contributed by atoms with Gasteiger partial charge in [-0.25, -0.2) is 8.78 Å². The number of benzene rings is 2. The number of hydrogen-bond acceptors (Lipinski definition) is 5. The average Bonchev–Trinajstić information content (AvgIpc) is 2.90. The molecule has 37 heavy (non-hydrogen) atoms. The Hall–Kier alpha value is -4.55. The number of pyridine rings is 2. The molecule has 1 atom stereocenters. The van der Waals surface area contributed by atoms with E-state index in [1.807, 2.05) is 25.1 Å². The van der Waals surface area contributed by atoms with E-state index in [0.29, 0.717) is 17.9 Å². The first-order valence-corrected chi connectivity index (χ1v) is 11.5. The molecule has 0 aliphatic carbocycles. The maximum Gasteiger partial charge on any atom is 0.264 e. The number of aliphatic hydroxyl groups excluding tert-OH is 1. The molecule has 1 amide bonds. The van der Waals surface area contributed by atoms with Gasteiger partial charge in [0.2, 0.25) is 0 Å². The van der Waals surface area contributed by atoms with Crippen molar-refractivity contribution in [2.45, 2.75) is 13.0 Å². The van der Waals surface area contributed by atoms with E-state index in [9.17, 15) is 23.5 Å². The monoisotopic (exact) mass is 503 g/mol. The van der Waals surface area contributed by atoms with Crippen LogP contribution in [0.4, 0.5) is 8.78 Å². The summed E-state index contributed by atoms with van der Waals surface area (Å²) >= 11 is 0. The highest BCUT2D eigenvalue weighted by molar-refractivity contribution is 5.94. The Balaban J connectivity index is 1.50. The number of aromatic nitrogens is 2. The molecule has 2 aromatic carbocycles. The normalized spacial score (nSPS) is 11.5. The number of aliphatic hydroxyl groups is 1. The van der Waals surface area contributed by atoms with Crippen molar-refractivity contribution in [3.8, 4) is 17.6 Å². The van der Waals surface area contributed by atoms with Gasteiger partial charge in [-0.3, -0.25) is 14.6 Å². The van der Waals surface area contributed by atoms with Crippen LogP contribution in [0.25, 0.3) is 10.9 Å². The number of nitrogens with one attached hydrogen (secondary N) is 1. The second-order valence-electron chi connectivity index (χ2n) is 7.96. The number of halogens is 2. The second-order valence-corrected chi connectivity index (χ2v) is 7.96. The SMILES string of the molecule is CCOc1ccnc2ccc(C#CCNC(=O)c3cccn([C@@H](CO)c4ccc(F)c(F)c4)c3=O)cc12. The molecule has 0 saturated heterocycles. The van der Waals surface area contributed by atoms with Crippen LogP contribution >= 0.6 is 0 Å². The summed E-state index contributed by atoms with van der Waals surface area (Å²) in [7, 11) is 0. The van der Waals surface area contributed by atoms with Gasteiger partial charge in [-0.1, -0.05) is 17.9 Å². The minimum Gasteiger partial charge on any atom is -0.493 e. The van der Waals surface area contributed by atoms with Crippen LogP contribution in [0.15, 0.2) is 71.8 Å². The Labute approximate surface area is 211 Å². The molecule has 0 unspecified atom stereocenters. The summed E-state index contributed by atoms with van der Waals surface area (Å²) < 4.78 is 33.8. The van der Waals surface area contributed by atoms with Gasteiger partial charge in [-0.2, -0.15) is 0 Å². The van der Waals surface area contributed by atoms with Gasteiger partial charge in [-0.15, -0.1) is 0 Å². The highest BCUT2D eigenvalue weighted by Crippen LogP contribution is 2.24. The van der Waals surface area contributed by atoms with Gasteiger partial charge in [0, 0.05) is 23.3 Å². The molecule has 0 aliphatic heterocycles. The van der Waals surface area contributed by atoms with Crippen molar-refractivity contribution in [3.05, 3.63) is 106 Å². The van der Waals surface area contributed by atoms with E-state index in [1.165, 1.54) is 24.4 Å². The van der Waals surface area contributed by atoms with E-state index in [0.717, 1.165) is 27.6 Å². The molecule has 2 aromatic heterocycles. The molecule has 0 saturated carbocycles.